The lowest BCUT2D eigenvalue weighted by Gasteiger charge is -2.22. The van der Waals surface area contributed by atoms with Crippen LogP contribution in [0, 0.1) is 22.7 Å². The Labute approximate surface area is 220 Å². The van der Waals surface area contributed by atoms with Gasteiger partial charge in [-0.25, -0.2) is 29.9 Å². The number of rotatable bonds is 12. The molecule has 38 heavy (non-hydrogen) atoms. The van der Waals surface area contributed by atoms with E-state index in [0.717, 1.165) is 50.1 Å². The molecule has 2 fully saturated rings. The van der Waals surface area contributed by atoms with Gasteiger partial charge in [0, 0.05) is 17.7 Å². The average Bonchev–Trinajstić information content (AvgIpc) is 3.79. The Morgan fingerprint density at radius 1 is 0.789 bits per heavy atom. The summed E-state index contributed by atoms with van der Waals surface area (Å²) >= 11 is 0. The Kier molecular flexibility index (Phi) is 6.24. The smallest absolute Gasteiger partial charge is 0.382 e. The first-order chi connectivity index (χ1) is 18.3. The zero-order valence-corrected chi connectivity index (χ0v) is 22.4. The van der Waals surface area contributed by atoms with Crippen LogP contribution in [-0.4, -0.2) is 52.3 Å². The molecule has 0 spiro atoms. The molecule has 4 aromatic rings. The minimum absolute atomic E-state index is 0.0510. The minimum atomic E-state index is -2.21. The van der Waals surface area contributed by atoms with Crippen molar-refractivity contribution in [3.8, 4) is 0 Å². The highest BCUT2D eigenvalue weighted by molar-refractivity contribution is 7.33. The SMILES string of the molecule is CC(CO[P+](=O)OCC(C)C1(Cn2cnc3c(N)ncnc32)CC1)C1(Cn2cnc3c(N)ncnc32)CC1. The fourth-order valence-corrected chi connectivity index (χ4v) is 6.14. The third-order valence-corrected chi connectivity index (χ3v) is 9.28. The van der Waals surface area contributed by atoms with Crippen molar-refractivity contribution in [2.75, 3.05) is 24.7 Å². The number of fused-ring (bicyclic) bond motifs is 2. The maximum atomic E-state index is 12.6. The maximum Gasteiger partial charge on any atom is 0.697 e. The summed E-state index contributed by atoms with van der Waals surface area (Å²) in [6, 6.07) is 0. The lowest BCUT2D eigenvalue weighted by Crippen LogP contribution is -2.24. The highest BCUT2D eigenvalue weighted by Crippen LogP contribution is 2.55. The number of nitrogens with zero attached hydrogens (tertiary/aromatic N) is 8. The zero-order chi connectivity index (χ0) is 26.5. The van der Waals surface area contributed by atoms with E-state index < -0.39 is 8.25 Å². The van der Waals surface area contributed by atoms with Crippen LogP contribution in [0.2, 0.25) is 0 Å². The summed E-state index contributed by atoms with van der Waals surface area (Å²) < 4.78 is 28.0. The topological polar surface area (TPSA) is 175 Å². The van der Waals surface area contributed by atoms with Crippen molar-refractivity contribution in [2.24, 2.45) is 22.7 Å². The van der Waals surface area contributed by atoms with Crippen LogP contribution in [0.5, 0.6) is 0 Å². The van der Waals surface area contributed by atoms with Crippen molar-refractivity contribution in [3.05, 3.63) is 25.3 Å². The molecule has 0 saturated heterocycles. The fourth-order valence-electron chi connectivity index (χ4n) is 5.38. The van der Waals surface area contributed by atoms with Crippen LogP contribution in [0.15, 0.2) is 25.3 Å². The molecule has 0 amide bonds. The third-order valence-electron chi connectivity index (χ3n) is 8.56. The molecule has 2 aliphatic rings. The van der Waals surface area contributed by atoms with Crippen molar-refractivity contribution in [3.63, 3.8) is 0 Å². The van der Waals surface area contributed by atoms with Gasteiger partial charge >= 0.3 is 8.25 Å². The highest BCUT2D eigenvalue weighted by Gasteiger charge is 2.50. The van der Waals surface area contributed by atoms with Gasteiger partial charge < -0.3 is 20.6 Å². The number of imidazole rings is 2. The molecule has 0 aliphatic heterocycles. The van der Waals surface area contributed by atoms with E-state index in [1.165, 1.54) is 12.7 Å². The van der Waals surface area contributed by atoms with Crippen LogP contribution in [0.4, 0.5) is 11.6 Å². The fraction of sp³-hybridized carbons (Fsp3) is 0.583. The lowest BCUT2D eigenvalue weighted by molar-refractivity contribution is 0.132. The maximum absolute atomic E-state index is 12.6. The van der Waals surface area contributed by atoms with Gasteiger partial charge in [-0.2, -0.15) is 0 Å². The second-order valence-electron chi connectivity index (χ2n) is 10.9. The highest BCUT2D eigenvalue weighted by atomic mass is 31.1. The molecule has 2 atom stereocenters. The normalized spacial score (nSPS) is 19.5. The van der Waals surface area contributed by atoms with Crippen molar-refractivity contribution < 1.29 is 13.6 Å². The summed E-state index contributed by atoms with van der Waals surface area (Å²) in [5.74, 6) is 1.14. The van der Waals surface area contributed by atoms with Crippen molar-refractivity contribution >= 4 is 42.2 Å². The van der Waals surface area contributed by atoms with Gasteiger partial charge in [0.1, 0.15) is 36.9 Å². The summed E-state index contributed by atoms with van der Waals surface area (Å²) in [6.07, 6.45) is 10.7. The first kappa shape index (κ1) is 25.0. The van der Waals surface area contributed by atoms with E-state index in [-0.39, 0.29) is 22.7 Å². The molecule has 0 aromatic carbocycles. The molecule has 0 bridgehead atoms. The van der Waals surface area contributed by atoms with Gasteiger partial charge in [0.15, 0.2) is 22.9 Å². The van der Waals surface area contributed by atoms with Crippen LogP contribution in [0.1, 0.15) is 39.5 Å². The largest absolute Gasteiger partial charge is 0.697 e. The summed E-state index contributed by atoms with van der Waals surface area (Å²) in [4.78, 5) is 25.5. The van der Waals surface area contributed by atoms with E-state index in [2.05, 4.69) is 43.8 Å². The van der Waals surface area contributed by atoms with Gasteiger partial charge in [0.25, 0.3) is 0 Å². The van der Waals surface area contributed by atoms with Crippen LogP contribution >= 0.6 is 8.25 Å². The molecule has 6 rings (SSSR count). The van der Waals surface area contributed by atoms with Gasteiger partial charge in [0.2, 0.25) is 0 Å². The van der Waals surface area contributed by atoms with Gasteiger partial charge in [-0.1, -0.05) is 13.8 Å². The molecular weight excluding hydrogens is 507 g/mol. The van der Waals surface area contributed by atoms with E-state index in [4.69, 9.17) is 20.5 Å². The molecular formula is C24H32N10O3P+. The van der Waals surface area contributed by atoms with Crippen LogP contribution in [-0.2, 0) is 26.7 Å². The second kappa shape index (κ2) is 9.48. The van der Waals surface area contributed by atoms with E-state index in [1.54, 1.807) is 12.7 Å². The average molecular weight is 540 g/mol. The monoisotopic (exact) mass is 539 g/mol. The van der Waals surface area contributed by atoms with Crippen LogP contribution in [0.3, 0.4) is 0 Å². The molecule has 2 aliphatic carbocycles. The molecule has 200 valence electrons. The molecule has 2 saturated carbocycles. The van der Waals surface area contributed by atoms with Crippen LogP contribution in [0.25, 0.3) is 22.3 Å². The Bertz CT molecular complexity index is 1390. The predicted octanol–water partition coefficient (Wildman–Crippen LogP) is 3.35. The van der Waals surface area contributed by atoms with Crippen molar-refractivity contribution in [1.29, 1.82) is 0 Å². The molecule has 2 unspecified atom stereocenters. The van der Waals surface area contributed by atoms with Crippen LogP contribution < -0.4 is 11.5 Å². The number of hydrogen-bond acceptors (Lipinski definition) is 11. The number of nitrogens with two attached hydrogens (primary N) is 2. The van der Waals surface area contributed by atoms with E-state index in [1.807, 2.05) is 9.13 Å². The summed E-state index contributed by atoms with van der Waals surface area (Å²) in [7, 11) is -2.21. The van der Waals surface area contributed by atoms with E-state index in [0.29, 0.717) is 35.9 Å². The molecule has 4 aromatic heterocycles. The van der Waals surface area contributed by atoms with Gasteiger partial charge in [-0.15, -0.1) is 9.05 Å². The second-order valence-corrected chi connectivity index (χ2v) is 11.9. The first-order valence-electron chi connectivity index (χ1n) is 12.9. The molecule has 0 radical (unpaired) electrons. The minimum Gasteiger partial charge on any atom is -0.382 e. The molecule has 13 nitrogen and oxygen atoms in total. The lowest BCUT2D eigenvalue weighted by atomic mass is 9.91. The summed E-state index contributed by atoms with van der Waals surface area (Å²) in [5.41, 5.74) is 14.6. The number of aromatic nitrogens is 8. The summed E-state index contributed by atoms with van der Waals surface area (Å²) in [5, 5.41) is 0. The summed E-state index contributed by atoms with van der Waals surface area (Å²) in [6.45, 7) is 6.49. The molecule has 14 heteroatoms. The van der Waals surface area contributed by atoms with E-state index >= 15 is 0 Å². The van der Waals surface area contributed by atoms with Gasteiger partial charge in [0.05, 0.1) is 12.7 Å². The van der Waals surface area contributed by atoms with Crippen molar-refractivity contribution in [1.82, 2.24) is 39.0 Å². The standard InChI is InChI=1S/C24H32N10O3P/c1-15(23(3-4-23)9-33-13-31-17-19(25)27-11-29-21(17)33)7-36-38(35)37-8-16(2)24(5-6-24)10-34-14-32-18-20(26)28-12-30-22(18)34/h11-16H,3-10H2,1-2H3,(H2,25,27,29)(H2,26,28,30)/q+1. The van der Waals surface area contributed by atoms with Gasteiger partial charge in [-0.3, -0.25) is 0 Å². The number of anilines is 2. The molecule has 4 N–H and O–H groups in total. The number of nitrogen functional groups attached to an aromatic ring is 2. The van der Waals surface area contributed by atoms with Crippen molar-refractivity contribution in [2.45, 2.75) is 52.6 Å². The van der Waals surface area contributed by atoms with E-state index in [9.17, 15) is 4.57 Å². The van der Waals surface area contributed by atoms with Gasteiger partial charge in [-0.05, 0) is 48.3 Å². The first-order valence-corrected chi connectivity index (χ1v) is 14.0. The Balaban J connectivity index is 1.00. The Morgan fingerprint density at radius 3 is 1.61 bits per heavy atom. The number of hydrogen-bond donors (Lipinski definition) is 2. The third kappa shape index (κ3) is 4.59. The predicted molar refractivity (Wildman–Crippen MR) is 141 cm³/mol. The zero-order valence-electron chi connectivity index (χ0n) is 21.5. The quantitative estimate of drug-likeness (QED) is 0.253. The Hall–Kier alpha value is -3.28. The Morgan fingerprint density at radius 2 is 1.21 bits per heavy atom. The molecule has 4 heterocycles.